The molecule has 0 aromatic heterocycles. The van der Waals surface area contributed by atoms with Gasteiger partial charge in [-0.25, -0.2) is 0 Å². The highest BCUT2D eigenvalue weighted by Crippen LogP contribution is 2.15. The van der Waals surface area contributed by atoms with Gasteiger partial charge >= 0.3 is 5.97 Å². The number of unbranched alkanes of at least 4 members (excludes halogenated alkanes) is 22. The highest BCUT2D eigenvalue weighted by molar-refractivity contribution is 5.69. The van der Waals surface area contributed by atoms with E-state index in [2.05, 4.69) is 13.8 Å². The summed E-state index contributed by atoms with van der Waals surface area (Å²) in [5, 5.41) is 10.0. The van der Waals surface area contributed by atoms with Gasteiger partial charge in [-0.15, -0.1) is 0 Å². The second-order valence-electron chi connectivity index (χ2n) is 11.3. The molecule has 3 nitrogen and oxygen atoms in total. The first-order valence-electron chi connectivity index (χ1n) is 16.5. The molecule has 0 saturated carbocycles. The van der Waals surface area contributed by atoms with E-state index in [1.165, 1.54) is 141 Å². The van der Waals surface area contributed by atoms with Crippen LogP contribution >= 0.6 is 0 Å². The van der Waals surface area contributed by atoms with Crippen LogP contribution in [-0.4, -0.2) is 23.8 Å². The van der Waals surface area contributed by atoms with E-state index in [4.69, 9.17) is 4.74 Å². The van der Waals surface area contributed by atoms with Gasteiger partial charge in [0.05, 0.1) is 12.7 Å². The molecule has 0 aromatic rings. The first-order valence-corrected chi connectivity index (χ1v) is 16.5. The van der Waals surface area contributed by atoms with E-state index in [0.29, 0.717) is 13.0 Å². The van der Waals surface area contributed by atoms with Crippen LogP contribution in [0.2, 0.25) is 0 Å². The Hall–Kier alpha value is -0.570. The number of hydrogen-bond donors (Lipinski definition) is 1. The Morgan fingerprint density at radius 3 is 1.28 bits per heavy atom. The molecule has 1 N–H and O–H groups in total. The fourth-order valence-corrected chi connectivity index (χ4v) is 5.04. The molecule has 36 heavy (non-hydrogen) atoms. The fraction of sp³-hybridized carbons (Fsp3) is 0.970. The number of hydrogen-bond acceptors (Lipinski definition) is 3. The van der Waals surface area contributed by atoms with Crippen molar-refractivity contribution in [1.29, 1.82) is 0 Å². The van der Waals surface area contributed by atoms with Gasteiger partial charge in [0.25, 0.3) is 0 Å². The molecular formula is C33H66O3. The molecular weight excluding hydrogens is 444 g/mol. The lowest BCUT2D eigenvalue weighted by molar-refractivity contribution is -0.143. The van der Waals surface area contributed by atoms with Gasteiger partial charge in [0.15, 0.2) is 0 Å². The number of carbonyl (C=O) groups is 1. The summed E-state index contributed by atoms with van der Waals surface area (Å²) in [5.74, 6) is 0.00203. The highest BCUT2D eigenvalue weighted by Gasteiger charge is 2.04. The monoisotopic (exact) mass is 511 g/mol. The summed E-state index contributed by atoms with van der Waals surface area (Å²) >= 11 is 0. The zero-order valence-electron chi connectivity index (χ0n) is 24.8. The Balaban J connectivity index is 3.21. The van der Waals surface area contributed by atoms with E-state index in [-0.39, 0.29) is 12.1 Å². The third-order valence-corrected chi connectivity index (χ3v) is 7.57. The first-order chi connectivity index (χ1) is 17.7. The van der Waals surface area contributed by atoms with Crippen molar-refractivity contribution in [2.75, 3.05) is 6.61 Å². The van der Waals surface area contributed by atoms with Crippen molar-refractivity contribution in [3.05, 3.63) is 0 Å². The van der Waals surface area contributed by atoms with Crippen LogP contribution in [0, 0.1) is 0 Å². The number of esters is 1. The van der Waals surface area contributed by atoms with E-state index < -0.39 is 0 Å². The topological polar surface area (TPSA) is 46.5 Å². The third kappa shape index (κ3) is 29.7. The normalized spacial score (nSPS) is 12.2. The van der Waals surface area contributed by atoms with Gasteiger partial charge < -0.3 is 9.84 Å². The molecule has 0 bridgehead atoms. The number of ether oxygens (including phenoxy) is 1. The van der Waals surface area contributed by atoms with Crippen LogP contribution in [0.4, 0.5) is 0 Å². The Morgan fingerprint density at radius 2 is 0.833 bits per heavy atom. The Kier molecular flexibility index (Phi) is 30.2. The molecule has 0 aliphatic heterocycles. The largest absolute Gasteiger partial charge is 0.466 e. The van der Waals surface area contributed by atoms with Gasteiger partial charge in [-0.1, -0.05) is 162 Å². The molecule has 3 heteroatoms. The van der Waals surface area contributed by atoms with E-state index in [0.717, 1.165) is 32.1 Å². The smallest absolute Gasteiger partial charge is 0.305 e. The van der Waals surface area contributed by atoms with E-state index in [9.17, 15) is 9.90 Å². The summed E-state index contributed by atoms with van der Waals surface area (Å²) < 4.78 is 5.41. The average molecular weight is 511 g/mol. The van der Waals surface area contributed by atoms with Crippen molar-refractivity contribution in [3.63, 3.8) is 0 Å². The zero-order chi connectivity index (χ0) is 26.4. The minimum absolute atomic E-state index is 0.00203. The number of aliphatic hydroxyl groups excluding tert-OH is 1. The van der Waals surface area contributed by atoms with Crippen molar-refractivity contribution >= 4 is 5.97 Å². The molecule has 0 radical (unpaired) electrons. The van der Waals surface area contributed by atoms with Gasteiger partial charge in [-0.05, 0) is 25.7 Å². The first kappa shape index (κ1) is 35.4. The van der Waals surface area contributed by atoms with Crippen LogP contribution in [0.1, 0.15) is 194 Å². The van der Waals surface area contributed by atoms with Gasteiger partial charge in [0.2, 0.25) is 0 Å². The molecule has 0 aromatic carbocycles. The van der Waals surface area contributed by atoms with Crippen molar-refractivity contribution in [2.45, 2.75) is 200 Å². The lowest BCUT2D eigenvalue weighted by atomic mass is 10.0. The minimum atomic E-state index is -0.0776. The molecule has 0 heterocycles. The minimum Gasteiger partial charge on any atom is -0.466 e. The highest BCUT2D eigenvalue weighted by atomic mass is 16.5. The molecule has 0 spiro atoms. The van der Waals surface area contributed by atoms with Gasteiger partial charge in [-0.2, -0.15) is 0 Å². The van der Waals surface area contributed by atoms with Crippen molar-refractivity contribution in [1.82, 2.24) is 0 Å². The summed E-state index contributed by atoms with van der Waals surface area (Å²) in [6.45, 7) is 5.12. The number of rotatable bonds is 30. The third-order valence-electron chi connectivity index (χ3n) is 7.57. The summed E-state index contributed by atoms with van der Waals surface area (Å²) in [4.78, 5) is 11.9. The van der Waals surface area contributed by atoms with Crippen LogP contribution in [0.5, 0.6) is 0 Å². The summed E-state index contributed by atoms with van der Waals surface area (Å²) in [6, 6.07) is 0. The maximum atomic E-state index is 11.9. The molecule has 216 valence electrons. The molecule has 0 aliphatic rings. The fourth-order valence-electron chi connectivity index (χ4n) is 5.04. The molecule has 0 saturated heterocycles. The van der Waals surface area contributed by atoms with Gasteiger partial charge in [0.1, 0.15) is 0 Å². The zero-order valence-corrected chi connectivity index (χ0v) is 24.8. The van der Waals surface area contributed by atoms with Crippen LogP contribution in [0.3, 0.4) is 0 Å². The summed E-state index contributed by atoms with van der Waals surface area (Å²) in [6.07, 6.45) is 34.6. The SMILES string of the molecule is CCCCCCCCCCCCCCCOC(=O)CCCCCCCCCCC(O)CCCCCC. The summed E-state index contributed by atoms with van der Waals surface area (Å²) in [7, 11) is 0. The molecule has 0 aliphatic carbocycles. The van der Waals surface area contributed by atoms with E-state index in [1.54, 1.807) is 0 Å². The number of carbonyl (C=O) groups excluding carboxylic acids is 1. The van der Waals surface area contributed by atoms with Crippen LogP contribution in [-0.2, 0) is 9.53 Å². The molecule has 0 amide bonds. The lowest BCUT2D eigenvalue weighted by Gasteiger charge is -2.10. The molecule has 0 fully saturated rings. The van der Waals surface area contributed by atoms with Crippen molar-refractivity contribution in [3.8, 4) is 0 Å². The second-order valence-corrected chi connectivity index (χ2v) is 11.3. The standard InChI is InChI=1S/C33H66O3/c1-3-5-7-9-10-11-12-13-14-17-20-23-27-31-36-33(35)30-26-22-19-16-15-18-21-25-29-32(34)28-24-8-6-4-2/h32,34H,3-31H2,1-2H3. The van der Waals surface area contributed by atoms with Gasteiger partial charge in [-0.3, -0.25) is 4.79 Å². The molecule has 1 unspecified atom stereocenters. The quantitative estimate of drug-likeness (QED) is 0.0772. The Bertz CT molecular complexity index is 423. The maximum Gasteiger partial charge on any atom is 0.305 e. The van der Waals surface area contributed by atoms with Gasteiger partial charge in [0, 0.05) is 6.42 Å². The van der Waals surface area contributed by atoms with E-state index >= 15 is 0 Å². The molecule has 1 atom stereocenters. The Morgan fingerprint density at radius 1 is 0.500 bits per heavy atom. The average Bonchev–Trinajstić information content (AvgIpc) is 2.88. The van der Waals surface area contributed by atoms with Crippen molar-refractivity contribution in [2.24, 2.45) is 0 Å². The van der Waals surface area contributed by atoms with Crippen LogP contribution in [0.25, 0.3) is 0 Å². The molecule has 0 rings (SSSR count). The van der Waals surface area contributed by atoms with E-state index in [1.807, 2.05) is 0 Å². The lowest BCUT2D eigenvalue weighted by Crippen LogP contribution is -2.06. The maximum absolute atomic E-state index is 11.9. The predicted octanol–water partition coefficient (Wildman–Crippen LogP) is 10.9. The number of aliphatic hydroxyl groups is 1. The second kappa shape index (κ2) is 30.7. The Labute approximate surface area is 226 Å². The van der Waals surface area contributed by atoms with Crippen LogP contribution < -0.4 is 0 Å². The van der Waals surface area contributed by atoms with Crippen molar-refractivity contribution < 1.29 is 14.6 Å². The summed E-state index contributed by atoms with van der Waals surface area (Å²) in [5.41, 5.74) is 0. The van der Waals surface area contributed by atoms with Crippen LogP contribution in [0.15, 0.2) is 0 Å². The predicted molar refractivity (Wildman–Crippen MR) is 158 cm³/mol.